The average Bonchev–Trinajstić information content (AvgIpc) is 2.83. The number of hydrogen-bond acceptors (Lipinski definition) is 6. The van der Waals surface area contributed by atoms with Crippen LogP contribution in [0.25, 0.3) is 0 Å². The van der Waals surface area contributed by atoms with Gasteiger partial charge in [-0.25, -0.2) is 9.78 Å². The Bertz CT molecular complexity index is 926. The minimum Gasteiger partial charge on any atom is -0.490 e. The van der Waals surface area contributed by atoms with Gasteiger partial charge in [0.1, 0.15) is 23.2 Å². The zero-order valence-corrected chi connectivity index (χ0v) is 19.8. The Morgan fingerprint density at radius 1 is 1.06 bits per heavy atom. The van der Waals surface area contributed by atoms with Crippen molar-refractivity contribution < 1.29 is 14.3 Å². The maximum Gasteiger partial charge on any atom is 0.341 e. The van der Waals surface area contributed by atoms with E-state index < -0.39 is 0 Å². The van der Waals surface area contributed by atoms with Gasteiger partial charge in [-0.05, 0) is 55.9 Å². The van der Waals surface area contributed by atoms with Gasteiger partial charge >= 0.3 is 5.97 Å². The summed E-state index contributed by atoms with van der Waals surface area (Å²) in [5.74, 6) is 1.84. The molecule has 2 aromatic rings. The van der Waals surface area contributed by atoms with Crippen molar-refractivity contribution in [3.63, 3.8) is 0 Å². The fraction of sp³-hybridized carbons (Fsp3) is 0.500. The number of methoxy groups -OCH3 is 1. The monoisotopic (exact) mass is 477 g/mol. The average molecular weight is 478 g/mol. The van der Waals surface area contributed by atoms with E-state index in [4.69, 9.17) is 32.7 Å². The number of carbonyl (C=O) groups is 1. The molecular weight excluding hydrogens is 449 g/mol. The van der Waals surface area contributed by atoms with E-state index in [1.54, 1.807) is 30.5 Å². The second kappa shape index (κ2) is 10.7. The standard InChI is InChI=1S/C24H29Cl2N3O3/c1-31-24(30)20-3-2-10-27-23(20)29-13-6-17(7-14-29)16-28-11-8-18(9-12-28)32-19-4-5-21(25)22(26)15-19/h2-5,10,15,17-18H,6-9,11-14,16H2,1H3. The van der Waals surface area contributed by atoms with Crippen LogP contribution in [0.1, 0.15) is 36.0 Å². The molecule has 3 heterocycles. The molecule has 0 atom stereocenters. The first-order valence-electron chi connectivity index (χ1n) is 11.2. The smallest absolute Gasteiger partial charge is 0.341 e. The number of pyridine rings is 1. The second-order valence-corrected chi connectivity index (χ2v) is 9.30. The first kappa shape index (κ1) is 23.1. The number of aromatic nitrogens is 1. The number of piperidine rings is 2. The summed E-state index contributed by atoms with van der Waals surface area (Å²) in [6, 6.07) is 9.00. The molecule has 0 unspecified atom stereocenters. The van der Waals surface area contributed by atoms with Crippen LogP contribution in [0.3, 0.4) is 0 Å². The first-order valence-corrected chi connectivity index (χ1v) is 11.9. The van der Waals surface area contributed by atoms with E-state index in [-0.39, 0.29) is 12.1 Å². The molecule has 2 saturated heterocycles. The third-order valence-electron chi connectivity index (χ3n) is 6.35. The van der Waals surface area contributed by atoms with Crippen LogP contribution < -0.4 is 9.64 Å². The number of benzene rings is 1. The summed E-state index contributed by atoms with van der Waals surface area (Å²) in [5.41, 5.74) is 0.539. The van der Waals surface area contributed by atoms with E-state index in [9.17, 15) is 4.79 Å². The Hall–Kier alpha value is -2.02. The Labute approximate surface area is 199 Å². The van der Waals surface area contributed by atoms with Gasteiger partial charge in [-0.15, -0.1) is 0 Å². The third kappa shape index (κ3) is 5.66. The van der Waals surface area contributed by atoms with Crippen LogP contribution in [-0.2, 0) is 4.74 Å². The van der Waals surface area contributed by atoms with Gasteiger partial charge in [0.05, 0.1) is 17.2 Å². The molecule has 32 heavy (non-hydrogen) atoms. The maximum absolute atomic E-state index is 12.1. The molecule has 8 heteroatoms. The molecule has 0 amide bonds. The number of esters is 1. The van der Waals surface area contributed by atoms with Crippen LogP contribution in [0, 0.1) is 5.92 Å². The van der Waals surface area contributed by atoms with Crippen LogP contribution >= 0.6 is 23.2 Å². The van der Waals surface area contributed by atoms with Crippen LogP contribution in [0.5, 0.6) is 5.75 Å². The van der Waals surface area contributed by atoms with Gasteiger partial charge in [0.15, 0.2) is 0 Å². The van der Waals surface area contributed by atoms with Crippen molar-refractivity contribution in [1.82, 2.24) is 9.88 Å². The summed E-state index contributed by atoms with van der Waals surface area (Å²) in [5, 5.41) is 1.07. The Kier molecular flexibility index (Phi) is 7.76. The zero-order chi connectivity index (χ0) is 22.5. The van der Waals surface area contributed by atoms with Gasteiger partial charge in [-0.2, -0.15) is 0 Å². The molecule has 0 bridgehead atoms. The highest BCUT2D eigenvalue weighted by Crippen LogP contribution is 2.29. The van der Waals surface area contributed by atoms with Crippen molar-refractivity contribution in [3.05, 3.63) is 52.1 Å². The molecule has 0 radical (unpaired) electrons. The number of anilines is 1. The van der Waals surface area contributed by atoms with Gasteiger partial charge in [0.25, 0.3) is 0 Å². The molecule has 2 aliphatic rings. The SMILES string of the molecule is COC(=O)c1cccnc1N1CCC(CN2CCC(Oc3ccc(Cl)c(Cl)c3)CC2)CC1. The summed E-state index contributed by atoms with van der Waals surface area (Å²) < 4.78 is 11.0. The minimum atomic E-state index is -0.332. The topological polar surface area (TPSA) is 54.9 Å². The highest BCUT2D eigenvalue weighted by Gasteiger charge is 2.27. The predicted molar refractivity (Wildman–Crippen MR) is 127 cm³/mol. The maximum atomic E-state index is 12.1. The fourth-order valence-electron chi connectivity index (χ4n) is 4.56. The van der Waals surface area contributed by atoms with E-state index in [2.05, 4.69) is 14.8 Å². The van der Waals surface area contributed by atoms with Crippen LogP contribution in [0.15, 0.2) is 36.5 Å². The Balaban J connectivity index is 1.23. The van der Waals surface area contributed by atoms with Crippen molar-refractivity contribution in [3.8, 4) is 5.75 Å². The van der Waals surface area contributed by atoms with Crippen molar-refractivity contribution in [2.24, 2.45) is 5.92 Å². The molecule has 0 saturated carbocycles. The van der Waals surface area contributed by atoms with Crippen LogP contribution in [0.2, 0.25) is 10.0 Å². The number of likely N-dealkylation sites (tertiary alicyclic amines) is 1. The van der Waals surface area contributed by atoms with Crippen LogP contribution in [-0.4, -0.2) is 61.8 Å². The van der Waals surface area contributed by atoms with Crippen molar-refractivity contribution in [2.75, 3.05) is 44.7 Å². The highest BCUT2D eigenvalue weighted by atomic mass is 35.5. The number of halogens is 2. The van der Waals surface area contributed by atoms with Crippen molar-refractivity contribution in [1.29, 1.82) is 0 Å². The Morgan fingerprint density at radius 2 is 1.81 bits per heavy atom. The molecule has 1 aromatic heterocycles. The number of nitrogens with zero attached hydrogens (tertiary/aromatic N) is 3. The van der Waals surface area contributed by atoms with Gasteiger partial charge < -0.3 is 19.3 Å². The van der Waals surface area contributed by atoms with E-state index in [1.165, 1.54) is 7.11 Å². The molecule has 0 spiro atoms. The third-order valence-corrected chi connectivity index (χ3v) is 7.09. The molecule has 2 fully saturated rings. The normalized spacial score (nSPS) is 18.5. The lowest BCUT2D eigenvalue weighted by atomic mass is 9.94. The highest BCUT2D eigenvalue weighted by molar-refractivity contribution is 6.42. The molecule has 6 nitrogen and oxygen atoms in total. The molecule has 1 aromatic carbocycles. The van der Waals surface area contributed by atoms with Gasteiger partial charge in [0.2, 0.25) is 0 Å². The predicted octanol–water partition coefficient (Wildman–Crippen LogP) is 4.93. The summed E-state index contributed by atoms with van der Waals surface area (Å²) in [4.78, 5) is 21.3. The molecular formula is C24H29Cl2N3O3. The quantitative estimate of drug-likeness (QED) is 0.549. The number of ether oxygens (including phenoxy) is 2. The molecule has 4 rings (SSSR count). The van der Waals surface area contributed by atoms with E-state index in [0.29, 0.717) is 21.5 Å². The van der Waals surface area contributed by atoms with E-state index in [1.807, 2.05) is 6.07 Å². The number of rotatable bonds is 6. The molecule has 0 aliphatic carbocycles. The van der Waals surface area contributed by atoms with Crippen molar-refractivity contribution >= 4 is 35.0 Å². The molecule has 2 aliphatic heterocycles. The fourth-order valence-corrected chi connectivity index (χ4v) is 4.85. The lowest BCUT2D eigenvalue weighted by Gasteiger charge is -2.38. The van der Waals surface area contributed by atoms with Crippen LogP contribution in [0.4, 0.5) is 5.82 Å². The number of hydrogen-bond donors (Lipinski definition) is 0. The van der Waals surface area contributed by atoms with E-state index >= 15 is 0 Å². The first-order chi connectivity index (χ1) is 15.5. The summed E-state index contributed by atoms with van der Waals surface area (Å²) in [6.07, 6.45) is 6.16. The van der Waals surface area contributed by atoms with Gasteiger partial charge in [-0.1, -0.05) is 23.2 Å². The summed E-state index contributed by atoms with van der Waals surface area (Å²) in [6.45, 7) is 5.00. The minimum absolute atomic E-state index is 0.214. The van der Waals surface area contributed by atoms with Gasteiger partial charge in [-0.3, -0.25) is 0 Å². The largest absolute Gasteiger partial charge is 0.490 e. The van der Waals surface area contributed by atoms with E-state index in [0.717, 1.165) is 70.0 Å². The van der Waals surface area contributed by atoms with Crippen molar-refractivity contribution in [2.45, 2.75) is 31.8 Å². The molecule has 172 valence electrons. The summed E-state index contributed by atoms with van der Waals surface area (Å²) >= 11 is 12.1. The lowest BCUT2D eigenvalue weighted by molar-refractivity contribution is 0.0600. The molecule has 0 N–H and O–H groups in total. The number of carbonyl (C=O) groups excluding carboxylic acids is 1. The Morgan fingerprint density at radius 3 is 2.50 bits per heavy atom. The zero-order valence-electron chi connectivity index (χ0n) is 18.3. The lowest BCUT2D eigenvalue weighted by Crippen LogP contribution is -2.43. The van der Waals surface area contributed by atoms with Gasteiger partial charge in [0, 0.05) is 45.0 Å². The second-order valence-electron chi connectivity index (χ2n) is 8.49. The summed E-state index contributed by atoms with van der Waals surface area (Å²) in [7, 11) is 1.41.